The van der Waals surface area contributed by atoms with Gasteiger partial charge < -0.3 is 34.2 Å². The molecule has 1 fully saturated rings. The van der Waals surface area contributed by atoms with Gasteiger partial charge in [0, 0.05) is 25.2 Å². The quantitative estimate of drug-likeness (QED) is 0.0156. The van der Waals surface area contributed by atoms with Crippen molar-refractivity contribution in [2.24, 2.45) is 11.8 Å². The third-order valence-electron chi connectivity index (χ3n) is 10.4. The van der Waals surface area contributed by atoms with Crippen LogP contribution in [-0.4, -0.2) is 109 Å². The van der Waals surface area contributed by atoms with Gasteiger partial charge in [0.25, 0.3) is 0 Å². The molecular weight excluding hydrogens is 773 g/mol. The summed E-state index contributed by atoms with van der Waals surface area (Å²) in [5, 5.41) is 31.3. The Labute approximate surface area is 357 Å². The Balaban J connectivity index is 2.51. The van der Waals surface area contributed by atoms with Crippen molar-refractivity contribution in [2.75, 3.05) is 47.5 Å². The molecule has 7 atom stereocenters. The summed E-state index contributed by atoms with van der Waals surface area (Å²) in [6.07, 6.45) is 31.1. The van der Waals surface area contributed by atoms with Gasteiger partial charge in [-0.25, -0.2) is 4.57 Å². The van der Waals surface area contributed by atoms with Crippen LogP contribution in [0.15, 0.2) is 48.6 Å². The molecule has 0 saturated heterocycles. The molecule has 0 aromatic rings. The molecule has 1 aliphatic carbocycles. The van der Waals surface area contributed by atoms with Crippen molar-refractivity contribution in [1.29, 1.82) is 0 Å². The Hall–Kier alpha value is -2.15. The van der Waals surface area contributed by atoms with E-state index in [4.69, 9.17) is 18.5 Å². The lowest BCUT2D eigenvalue weighted by molar-refractivity contribution is -0.870. The van der Waals surface area contributed by atoms with E-state index in [-0.39, 0.29) is 37.9 Å². The Morgan fingerprint density at radius 2 is 1.36 bits per heavy atom. The van der Waals surface area contributed by atoms with Crippen LogP contribution in [0.25, 0.3) is 0 Å². The van der Waals surface area contributed by atoms with E-state index >= 15 is 0 Å². The Morgan fingerprint density at radius 3 is 2.05 bits per heavy atom. The fourth-order valence-corrected chi connectivity index (χ4v) is 7.48. The second kappa shape index (κ2) is 33.5. The van der Waals surface area contributed by atoms with Crippen molar-refractivity contribution in [3.63, 3.8) is 0 Å². The summed E-state index contributed by atoms with van der Waals surface area (Å²) in [6.45, 7) is 3.99. The number of ether oxygens (including phenoxy) is 2. The number of hydrogen-bond acceptors (Lipinski definition) is 10. The largest absolute Gasteiger partial charge is 0.472 e. The van der Waals surface area contributed by atoms with Gasteiger partial charge in [-0.1, -0.05) is 114 Å². The second-order valence-electron chi connectivity index (χ2n) is 17.0. The maximum atomic E-state index is 12.7. The third kappa shape index (κ3) is 30.5. The van der Waals surface area contributed by atoms with Crippen molar-refractivity contribution < 1.29 is 57.4 Å². The second-order valence-corrected chi connectivity index (χ2v) is 18.5. The Bertz CT molecular complexity index is 1260. The maximum Gasteiger partial charge on any atom is 0.472 e. The van der Waals surface area contributed by atoms with Crippen LogP contribution < -0.4 is 0 Å². The zero-order valence-electron chi connectivity index (χ0n) is 37.3. The molecule has 1 saturated carbocycles. The van der Waals surface area contributed by atoms with E-state index in [1.807, 2.05) is 39.4 Å². The first-order valence-electron chi connectivity index (χ1n) is 22.6. The smallest absolute Gasteiger partial charge is 0.462 e. The van der Waals surface area contributed by atoms with E-state index in [1.54, 1.807) is 6.08 Å². The number of esters is 2. The van der Waals surface area contributed by atoms with Gasteiger partial charge in [0.2, 0.25) is 0 Å². The molecule has 13 heteroatoms. The van der Waals surface area contributed by atoms with Gasteiger partial charge in [-0.2, -0.15) is 0 Å². The number of carbonyl (C=O) groups excluding carboxylic acids is 2. The summed E-state index contributed by atoms with van der Waals surface area (Å²) < 4.78 is 34.2. The number of carbonyl (C=O) groups is 2. The minimum atomic E-state index is -4.44. The van der Waals surface area contributed by atoms with Crippen molar-refractivity contribution >= 4 is 19.8 Å². The topological polar surface area (TPSA) is 169 Å². The normalized spacial score (nSPS) is 20.9. The number of hydrogen-bond donors (Lipinski definition) is 4. The van der Waals surface area contributed by atoms with Gasteiger partial charge in [0.05, 0.1) is 46.1 Å². The molecule has 0 radical (unpaired) electrons. The summed E-state index contributed by atoms with van der Waals surface area (Å²) in [6, 6.07) is 0. The predicted molar refractivity (Wildman–Crippen MR) is 235 cm³/mol. The molecule has 1 rings (SSSR count). The molecular formula is C46H83NO11P+. The molecule has 4 N–H and O–H groups in total. The number of allylic oxidation sites excluding steroid dienone is 6. The van der Waals surface area contributed by atoms with Gasteiger partial charge in [-0.05, 0) is 70.1 Å². The van der Waals surface area contributed by atoms with Crippen LogP contribution in [0.3, 0.4) is 0 Å². The zero-order valence-corrected chi connectivity index (χ0v) is 38.2. The number of nitrogens with zero attached hydrogens (tertiary/aromatic N) is 1. The molecule has 0 bridgehead atoms. The molecule has 0 aromatic carbocycles. The van der Waals surface area contributed by atoms with Crippen molar-refractivity contribution in [3.05, 3.63) is 48.6 Å². The zero-order chi connectivity index (χ0) is 43.8. The highest BCUT2D eigenvalue weighted by molar-refractivity contribution is 7.47. The Kier molecular flexibility index (Phi) is 31.1. The first-order valence-corrected chi connectivity index (χ1v) is 24.1. The number of aliphatic hydroxyl groups is 3. The van der Waals surface area contributed by atoms with E-state index in [1.165, 1.54) is 19.3 Å². The van der Waals surface area contributed by atoms with Crippen LogP contribution in [0, 0.1) is 11.8 Å². The minimum absolute atomic E-state index is 0.0118. The van der Waals surface area contributed by atoms with Gasteiger partial charge >= 0.3 is 19.8 Å². The van der Waals surface area contributed by atoms with Crippen LogP contribution in [0.2, 0.25) is 0 Å². The lowest BCUT2D eigenvalue weighted by atomic mass is 9.89. The van der Waals surface area contributed by atoms with Crippen LogP contribution in [0.5, 0.6) is 0 Å². The van der Waals surface area contributed by atoms with E-state index in [0.29, 0.717) is 49.6 Å². The van der Waals surface area contributed by atoms with Crippen LogP contribution in [-0.2, 0) is 32.7 Å². The monoisotopic (exact) mass is 857 g/mol. The first-order chi connectivity index (χ1) is 28.2. The molecule has 12 nitrogen and oxygen atoms in total. The van der Waals surface area contributed by atoms with E-state index in [9.17, 15) is 34.4 Å². The highest BCUT2D eigenvalue weighted by Crippen LogP contribution is 2.43. The fraction of sp³-hybridized carbons (Fsp3) is 0.783. The molecule has 1 aliphatic rings. The number of quaternary nitrogens is 1. The van der Waals surface area contributed by atoms with Gasteiger partial charge in [0.1, 0.15) is 19.8 Å². The van der Waals surface area contributed by atoms with Gasteiger partial charge in [-0.3, -0.25) is 18.6 Å². The number of unbranched alkanes of at least 4 members (excludes halogenated alkanes) is 11. The van der Waals surface area contributed by atoms with Crippen LogP contribution in [0.4, 0.5) is 0 Å². The standard InChI is InChI=1S/C46H82NO11P/c1-6-8-10-11-12-13-14-15-16-17-18-19-20-21-27-31-46(52)58-40(38-57-59(53,54)56-35-34-47(3,4)5)37-55-45(51)30-26-23-22-25-29-41-42(44(50)36-43(41)49)33-32-39(48)28-24-9-7-2/h12-13,15-16,22,25,32-33,39-44,48-50H,6-11,14,17-21,23-24,26-31,34-38H2,1-5H3/p+1/b13-12-,16-15-,25-22+,33-32+/t39-,40+,41+,42+,43-,44+/m0/s1. The number of rotatable bonds is 36. The highest BCUT2D eigenvalue weighted by Gasteiger charge is 2.39. The van der Waals surface area contributed by atoms with Crippen molar-refractivity contribution in [1.82, 2.24) is 0 Å². The summed E-state index contributed by atoms with van der Waals surface area (Å²) in [4.78, 5) is 35.6. The predicted octanol–water partition coefficient (Wildman–Crippen LogP) is 9.07. The molecule has 0 spiro atoms. The van der Waals surface area contributed by atoms with Crippen molar-refractivity contribution in [3.8, 4) is 0 Å². The SMILES string of the molecule is CCCCC/C=C\C/C=C\CCCCCCCC(=O)O[C@H](COC(=O)CCC/C=C/C[C@@H]1[C@@H](/C=C/[C@@H](O)CCCCC)[C@H](O)C[C@@H]1O)COP(=O)(O)OCC[N+](C)(C)C. The number of likely N-dealkylation sites (N-methyl/N-ethyl adjacent to an activating group) is 1. The average molecular weight is 857 g/mol. The number of phosphoric ester groups is 1. The first kappa shape index (κ1) is 54.9. The minimum Gasteiger partial charge on any atom is -0.462 e. The van der Waals surface area contributed by atoms with Crippen LogP contribution in [0.1, 0.15) is 149 Å². The lowest BCUT2D eigenvalue weighted by Crippen LogP contribution is -2.37. The van der Waals surface area contributed by atoms with E-state index in [0.717, 1.165) is 64.2 Å². The molecule has 0 heterocycles. The molecule has 1 unspecified atom stereocenters. The van der Waals surface area contributed by atoms with Crippen LogP contribution >= 0.6 is 7.82 Å². The summed E-state index contributed by atoms with van der Waals surface area (Å²) in [5.74, 6) is -1.41. The molecule has 59 heavy (non-hydrogen) atoms. The van der Waals surface area contributed by atoms with E-state index in [2.05, 4.69) is 38.2 Å². The van der Waals surface area contributed by atoms with E-state index < -0.39 is 50.8 Å². The molecule has 0 aromatic heterocycles. The molecule has 0 aliphatic heterocycles. The van der Waals surface area contributed by atoms with Gasteiger partial charge in [-0.15, -0.1) is 0 Å². The van der Waals surface area contributed by atoms with Gasteiger partial charge in [0.15, 0.2) is 6.10 Å². The summed E-state index contributed by atoms with van der Waals surface area (Å²) in [5.41, 5.74) is 0. The lowest BCUT2D eigenvalue weighted by Gasteiger charge is -2.24. The van der Waals surface area contributed by atoms with Crippen molar-refractivity contribution in [2.45, 2.75) is 173 Å². The Morgan fingerprint density at radius 1 is 0.746 bits per heavy atom. The molecule has 342 valence electrons. The number of phosphoric acid groups is 1. The third-order valence-corrected chi connectivity index (χ3v) is 11.4. The fourth-order valence-electron chi connectivity index (χ4n) is 6.74. The average Bonchev–Trinajstić information content (AvgIpc) is 3.44. The number of aliphatic hydroxyl groups excluding tert-OH is 3. The summed E-state index contributed by atoms with van der Waals surface area (Å²) >= 11 is 0. The highest BCUT2D eigenvalue weighted by atomic mass is 31.2. The molecule has 0 amide bonds. The summed E-state index contributed by atoms with van der Waals surface area (Å²) in [7, 11) is 1.33. The maximum absolute atomic E-state index is 12.7.